The highest BCUT2D eigenvalue weighted by Gasteiger charge is 2.10. The molecule has 0 aliphatic carbocycles. The predicted molar refractivity (Wildman–Crippen MR) is 43.8 cm³/mol. The first kappa shape index (κ1) is 8.26. The third-order valence-corrected chi connectivity index (χ3v) is 1.79. The lowest BCUT2D eigenvalue weighted by atomic mass is 10.3. The lowest BCUT2D eigenvalue weighted by Gasteiger charge is -2.05. The molecule has 0 saturated heterocycles. The Morgan fingerprint density at radius 3 is 2.91 bits per heavy atom. The highest BCUT2D eigenvalue weighted by atomic mass is 79.9. The van der Waals surface area contributed by atoms with Gasteiger partial charge in [0, 0.05) is 6.20 Å². The van der Waals surface area contributed by atoms with E-state index in [4.69, 9.17) is 5.73 Å². The van der Waals surface area contributed by atoms with Crippen molar-refractivity contribution in [1.82, 2.24) is 9.78 Å². The molecular weight excluding hydrogens is 210 g/mol. The maximum Gasteiger partial charge on any atom is 0.241 e. The second-order valence-corrected chi connectivity index (χ2v) is 3.13. The van der Waals surface area contributed by atoms with Gasteiger partial charge in [0.05, 0.1) is 10.7 Å². The van der Waals surface area contributed by atoms with Crippen LogP contribution in [0.15, 0.2) is 16.9 Å². The third-order valence-electron chi connectivity index (χ3n) is 1.38. The van der Waals surface area contributed by atoms with Crippen molar-refractivity contribution in [3.05, 3.63) is 16.9 Å². The van der Waals surface area contributed by atoms with E-state index in [0.717, 1.165) is 4.47 Å². The largest absolute Gasteiger partial charge is 0.368 e. The maximum atomic E-state index is 10.7. The van der Waals surface area contributed by atoms with Crippen LogP contribution >= 0.6 is 15.9 Å². The number of hydrogen-bond acceptors (Lipinski definition) is 2. The van der Waals surface area contributed by atoms with Gasteiger partial charge in [0.1, 0.15) is 6.04 Å². The Labute approximate surface area is 72.5 Å². The van der Waals surface area contributed by atoms with Crippen LogP contribution in [0.5, 0.6) is 0 Å². The average Bonchev–Trinajstić information content (AvgIpc) is 2.34. The van der Waals surface area contributed by atoms with Gasteiger partial charge in [-0.1, -0.05) is 0 Å². The van der Waals surface area contributed by atoms with Crippen LogP contribution in [-0.2, 0) is 4.79 Å². The first-order valence-electron chi connectivity index (χ1n) is 3.10. The number of nitrogens with zero attached hydrogens (tertiary/aromatic N) is 2. The Balaban J connectivity index is 2.84. The van der Waals surface area contributed by atoms with Crippen LogP contribution < -0.4 is 5.73 Å². The monoisotopic (exact) mass is 217 g/mol. The summed E-state index contributed by atoms with van der Waals surface area (Å²) in [5.41, 5.74) is 5.06. The molecule has 11 heavy (non-hydrogen) atoms. The molecule has 0 bridgehead atoms. The van der Waals surface area contributed by atoms with Gasteiger partial charge in [-0.15, -0.1) is 0 Å². The molecule has 60 valence electrons. The molecule has 1 atom stereocenters. The molecule has 1 aromatic heterocycles. The van der Waals surface area contributed by atoms with Crippen molar-refractivity contribution in [1.29, 1.82) is 0 Å². The molecule has 5 heteroatoms. The van der Waals surface area contributed by atoms with Crippen LogP contribution in [0, 0.1) is 0 Å². The summed E-state index contributed by atoms with van der Waals surface area (Å²) >= 11 is 3.21. The van der Waals surface area contributed by atoms with Gasteiger partial charge in [0.2, 0.25) is 5.91 Å². The molecule has 0 fully saturated rings. The quantitative estimate of drug-likeness (QED) is 0.793. The summed E-state index contributed by atoms with van der Waals surface area (Å²) in [7, 11) is 0. The summed E-state index contributed by atoms with van der Waals surface area (Å²) in [4.78, 5) is 10.7. The minimum Gasteiger partial charge on any atom is -0.368 e. The number of carbonyl (C=O) groups excluding carboxylic acids is 1. The Kier molecular flexibility index (Phi) is 2.28. The topological polar surface area (TPSA) is 60.9 Å². The van der Waals surface area contributed by atoms with Crippen LogP contribution in [0.2, 0.25) is 0 Å². The van der Waals surface area contributed by atoms with Crippen molar-refractivity contribution in [3.8, 4) is 0 Å². The Morgan fingerprint density at radius 2 is 2.55 bits per heavy atom. The number of halogens is 1. The van der Waals surface area contributed by atoms with E-state index in [9.17, 15) is 4.79 Å². The van der Waals surface area contributed by atoms with Crippen molar-refractivity contribution in [2.45, 2.75) is 13.0 Å². The van der Waals surface area contributed by atoms with Crippen LogP contribution in [0.3, 0.4) is 0 Å². The fourth-order valence-corrected chi connectivity index (χ4v) is 0.958. The molecule has 1 amide bonds. The fourth-order valence-electron chi connectivity index (χ4n) is 0.657. The summed E-state index contributed by atoms with van der Waals surface area (Å²) in [6.45, 7) is 1.70. The van der Waals surface area contributed by atoms with Crippen molar-refractivity contribution in [2.75, 3.05) is 0 Å². The van der Waals surface area contributed by atoms with Crippen molar-refractivity contribution < 1.29 is 4.79 Å². The van der Waals surface area contributed by atoms with E-state index in [1.54, 1.807) is 19.3 Å². The Hall–Kier alpha value is -0.840. The van der Waals surface area contributed by atoms with Gasteiger partial charge < -0.3 is 5.73 Å². The van der Waals surface area contributed by atoms with E-state index in [0.29, 0.717) is 0 Å². The second kappa shape index (κ2) is 3.04. The molecular formula is C6H8BrN3O. The number of nitrogens with two attached hydrogens (primary N) is 1. The molecule has 1 unspecified atom stereocenters. The zero-order valence-electron chi connectivity index (χ0n) is 5.99. The minimum atomic E-state index is -0.388. The molecule has 1 rings (SSSR count). The zero-order valence-corrected chi connectivity index (χ0v) is 7.58. The number of rotatable bonds is 2. The maximum absolute atomic E-state index is 10.7. The zero-order chi connectivity index (χ0) is 8.43. The van der Waals surface area contributed by atoms with E-state index >= 15 is 0 Å². The molecule has 4 nitrogen and oxygen atoms in total. The Morgan fingerprint density at radius 1 is 1.91 bits per heavy atom. The Bertz CT molecular complexity index is 271. The van der Waals surface area contributed by atoms with Gasteiger partial charge in [0.15, 0.2) is 0 Å². The number of primary amides is 1. The predicted octanol–water partition coefficient (Wildman–Crippen LogP) is 0.692. The summed E-state index contributed by atoms with van der Waals surface area (Å²) < 4.78 is 2.34. The third kappa shape index (κ3) is 1.80. The lowest BCUT2D eigenvalue weighted by molar-refractivity contribution is -0.120. The molecule has 0 saturated carbocycles. The highest BCUT2D eigenvalue weighted by molar-refractivity contribution is 9.10. The van der Waals surface area contributed by atoms with Crippen molar-refractivity contribution in [3.63, 3.8) is 0 Å². The standard InChI is InChI=1S/C6H8BrN3O/c1-4(6(8)11)10-3-5(7)2-9-10/h2-4H,1H3,(H2,8,11). The number of amides is 1. The molecule has 2 N–H and O–H groups in total. The van der Waals surface area contributed by atoms with E-state index in [2.05, 4.69) is 21.0 Å². The van der Waals surface area contributed by atoms with Crippen LogP contribution in [0.25, 0.3) is 0 Å². The van der Waals surface area contributed by atoms with Gasteiger partial charge in [-0.3, -0.25) is 9.48 Å². The normalized spacial score (nSPS) is 12.9. The van der Waals surface area contributed by atoms with E-state index in [-0.39, 0.29) is 11.9 Å². The van der Waals surface area contributed by atoms with E-state index in [1.165, 1.54) is 4.68 Å². The van der Waals surface area contributed by atoms with Gasteiger partial charge in [-0.25, -0.2) is 0 Å². The molecule has 1 aromatic rings. The molecule has 0 aliphatic rings. The number of carbonyl (C=O) groups is 1. The SMILES string of the molecule is CC(C(N)=O)n1cc(Br)cn1. The second-order valence-electron chi connectivity index (χ2n) is 2.22. The van der Waals surface area contributed by atoms with Crippen molar-refractivity contribution in [2.24, 2.45) is 5.73 Å². The average molecular weight is 218 g/mol. The smallest absolute Gasteiger partial charge is 0.241 e. The van der Waals surface area contributed by atoms with E-state index < -0.39 is 0 Å². The van der Waals surface area contributed by atoms with Gasteiger partial charge in [-0.2, -0.15) is 5.10 Å². The van der Waals surface area contributed by atoms with Gasteiger partial charge in [0.25, 0.3) is 0 Å². The molecule has 0 aliphatic heterocycles. The van der Waals surface area contributed by atoms with Crippen molar-refractivity contribution >= 4 is 21.8 Å². The molecule has 0 spiro atoms. The fraction of sp³-hybridized carbons (Fsp3) is 0.333. The molecule has 1 heterocycles. The first-order valence-corrected chi connectivity index (χ1v) is 3.89. The summed E-state index contributed by atoms with van der Waals surface area (Å²) in [6, 6.07) is -0.388. The van der Waals surface area contributed by atoms with Gasteiger partial charge >= 0.3 is 0 Å². The van der Waals surface area contributed by atoms with Crippen LogP contribution in [0.1, 0.15) is 13.0 Å². The number of hydrogen-bond donors (Lipinski definition) is 1. The number of aromatic nitrogens is 2. The molecule has 0 aromatic carbocycles. The highest BCUT2D eigenvalue weighted by Crippen LogP contribution is 2.10. The lowest BCUT2D eigenvalue weighted by Crippen LogP contribution is -2.24. The summed E-state index contributed by atoms with van der Waals surface area (Å²) in [5, 5.41) is 3.91. The first-order chi connectivity index (χ1) is 5.11. The van der Waals surface area contributed by atoms with Crippen LogP contribution in [-0.4, -0.2) is 15.7 Å². The summed E-state index contributed by atoms with van der Waals surface area (Å²) in [5.74, 6) is -0.388. The van der Waals surface area contributed by atoms with E-state index in [1.807, 2.05) is 0 Å². The summed E-state index contributed by atoms with van der Waals surface area (Å²) in [6.07, 6.45) is 3.31. The van der Waals surface area contributed by atoms with Gasteiger partial charge in [-0.05, 0) is 22.9 Å². The molecule has 0 radical (unpaired) electrons. The van der Waals surface area contributed by atoms with Crippen LogP contribution in [0.4, 0.5) is 0 Å². The minimum absolute atomic E-state index is 0.388.